The van der Waals surface area contributed by atoms with E-state index in [0.717, 1.165) is 47.8 Å². The molecular weight excluding hydrogens is 306 g/mol. The molecule has 3 aromatic rings. The van der Waals surface area contributed by atoms with Gasteiger partial charge in [-0.1, -0.05) is 12.1 Å². The molecule has 24 heavy (non-hydrogen) atoms. The van der Waals surface area contributed by atoms with Crippen LogP contribution in [0.4, 0.5) is 0 Å². The van der Waals surface area contributed by atoms with E-state index in [-0.39, 0.29) is 6.54 Å². The van der Waals surface area contributed by atoms with Crippen LogP contribution in [0, 0.1) is 0 Å². The molecule has 1 aliphatic rings. The Morgan fingerprint density at radius 3 is 2.92 bits per heavy atom. The second-order valence-corrected chi connectivity index (χ2v) is 6.19. The highest BCUT2D eigenvalue weighted by atomic mass is 16.4. The van der Waals surface area contributed by atoms with Gasteiger partial charge in [0.15, 0.2) is 5.82 Å². The highest BCUT2D eigenvalue weighted by Crippen LogP contribution is 2.24. The third-order valence-corrected chi connectivity index (χ3v) is 4.47. The van der Waals surface area contributed by atoms with Crippen LogP contribution >= 0.6 is 0 Å². The van der Waals surface area contributed by atoms with E-state index in [9.17, 15) is 4.79 Å². The molecule has 0 amide bonds. The first-order valence-electron chi connectivity index (χ1n) is 8.04. The Kier molecular flexibility index (Phi) is 3.57. The van der Waals surface area contributed by atoms with Gasteiger partial charge in [0.25, 0.3) is 0 Å². The predicted octanol–water partition coefficient (Wildman–Crippen LogP) is 1.73. The SMILES string of the molecule is Cn1c(-c2cc3n(n2)CCCN(CC(=O)O)C3)nc2ccccc21. The first-order chi connectivity index (χ1) is 11.6. The minimum Gasteiger partial charge on any atom is -0.480 e. The molecule has 0 fully saturated rings. The Hall–Kier alpha value is -2.67. The Balaban J connectivity index is 1.71. The number of aromatic nitrogens is 4. The third kappa shape index (κ3) is 2.56. The number of nitrogens with zero attached hydrogens (tertiary/aromatic N) is 5. The van der Waals surface area contributed by atoms with E-state index in [1.54, 1.807) is 0 Å². The number of carboxylic acids is 1. The van der Waals surface area contributed by atoms with Crippen molar-refractivity contribution in [1.29, 1.82) is 0 Å². The van der Waals surface area contributed by atoms with E-state index in [4.69, 9.17) is 15.2 Å². The van der Waals surface area contributed by atoms with E-state index in [0.29, 0.717) is 6.54 Å². The highest BCUT2D eigenvalue weighted by molar-refractivity contribution is 5.79. The Morgan fingerprint density at radius 1 is 1.29 bits per heavy atom. The molecule has 0 aliphatic carbocycles. The van der Waals surface area contributed by atoms with Crippen molar-refractivity contribution in [2.24, 2.45) is 7.05 Å². The maximum Gasteiger partial charge on any atom is 0.317 e. The van der Waals surface area contributed by atoms with E-state index in [1.165, 1.54) is 0 Å². The summed E-state index contributed by atoms with van der Waals surface area (Å²) in [5, 5.41) is 13.7. The van der Waals surface area contributed by atoms with Gasteiger partial charge in [0, 0.05) is 26.7 Å². The van der Waals surface area contributed by atoms with Gasteiger partial charge in [-0.25, -0.2) is 4.98 Å². The maximum atomic E-state index is 11.0. The van der Waals surface area contributed by atoms with E-state index < -0.39 is 5.97 Å². The number of aliphatic carboxylic acids is 1. The number of rotatable bonds is 3. The van der Waals surface area contributed by atoms with Crippen LogP contribution < -0.4 is 0 Å². The van der Waals surface area contributed by atoms with Crippen molar-refractivity contribution in [1.82, 2.24) is 24.2 Å². The monoisotopic (exact) mass is 325 g/mol. The number of fused-ring (bicyclic) bond motifs is 2. The van der Waals surface area contributed by atoms with Crippen LogP contribution in [-0.2, 0) is 24.9 Å². The largest absolute Gasteiger partial charge is 0.480 e. The topological polar surface area (TPSA) is 76.2 Å². The van der Waals surface area contributed by atoms with Gasteiger partial charge in [-0.05, 0) is 24.6 Å². The lowest BCUT2D eigenvalue weighted by Crippen LogP contribution is -2.29. The molecule has 7 heteroatoms. The molecule has 3 heterocycles. The number of hydrogen-bond donors (Lipinski definition) is 1. The first kappa shape index (κ1) is 14.9. The van der Waals surface area contributed by atoms with Crippen molar-refractivity contribution < 1.29 is 9.90 Å². The summed E-state index contributed by atoms with van der Waals surface area (Å²) in [6.07, 6.45) is 0.893. The molecule has 1 aromatic carbocycles. The third-order valence-electron chi connectivity index (χ3n) is 4.47. The van der Waals surface area contributed by atoms with Gasteiger partial charge in [0.2, 0.25) is 0 Å². The number of imidazole rings is 1. The normalized spacial score (nSPS) is 15.4. The van der Waals surface area contributed by atoms with Crippen molar-refractivity contribution in [2.45, 2.75) is 19.5 Å². The molecule has 2 aromatic heterocycles. The molecule has 0 radical (unpaired) electrons. The van der Waals surface area contributed by atoms with Crippen LogP contribution in [0.1, 0.15) is 12.1 Å². The van der Waals surface area contributed by atoms with Crippen LogP contribution in [0.5, 0.6) is 0 Å². The maximum absolute atomic E-state index is 11.0. The summed E-state index contributed by atoms with van der Waals surface area (Å²) >= 11 is 0. The lowest BCUT2D eigenvalue weighted by Gasteiger charge is -2.16. The molecule has 0 bridgehead atoms. The van der Waals surface area contributed by atoms with Crippen LogP contribution in [0.15, 0.2) is 30.3 Å². The Morgan fingerprint density at radius 2 is 2.12 bits per heavy atom. The number of carboxylic acid groups (broad SMARTS) is 1. The van der Waals surface area contributed by atoms with Gasteiger partial charge in [0.1, 0.15) is 5.69 Å². The zero-order valence-corrected chi connectivity index (χ0v) is 13.5. The van der Waals surface area contributed by atoms with E-state index in [2.05, 4.69) is 0 Å². The molecule has 124 valence electrons. The second kappa shape index (κ2) is 5.76. The van der Waals surface area contributed by atoms with Crippen molar-refractivity contribution in [3.63, 3.8) is 0 Å². The molecule has 0 saturated heterocycles. The van der Waals surface area contributed by atoms with Gasteiger partial charge in [0.05, 0.1) is 23.3 Å². The molecular formula is C17H19N5O2. The molecule has 0 atom stereocenters. The summed E-state index contributed by atoms with van der Waals surface area (Å²) in [6.45, 7) is 2.24. The van der Waals surface area contributed by atoms with Gasteiger partial charge >= 0.3 is 5.97 Å². The lowest BCUT2D eigenvalue weighted by molar-refractivity contribution is -0.138. The summed E-state index contributed by atoms with van der Waals surface area (Å²) < 4.78 is 4.03. The summed E-state index contributed by atoms with van der Waals surface area (Å²) in [5.41, 5.74) is 3.89. The first-order valence-corrected chi connectivity index (χ1v) is 8.04. The van der Waals surface area contributed by atoms with Crippen molar-refractivity contribution in [3.8, 4) is 11.5 Å². The standard InChI is InChI=1S/C17H19N5O2/c1-20-15-6-3-2-5-13(15)18-17(20)14-9-12-10-21(11-16(23)24)7-4-8-22(12)19-14/h2-3,5-6,9H,4,7-8,10-11H2,1H3,(H,23,24). The Bertz CT molecular complexity index is 911. The lowest BCUT2D eigenvalue weighted by atomic mass is 10.3. The number of para-hydroxylation sites is 2. The van der Waals surface area contributed by atoms with Gasteiger partial charge < -0.3 is 9.67 Å². The van der Waals surface area contributed by atoms with Crippen LogP contribution in [0.3, 0.4) is 0 Å². The predicted molar refractivity (Wildman–Crippen MR) is 89.5 cm³/mol. The van der Waals surface area contributed by atoms with Crippen LogP contribution in [-0.4, -0.2) is 48.4 Å². The number of benzene rings is 1. The molecule has 0 unspecified atom stereocenters. The quantitative estimate of drug-likeness (QED) is 0.793. The zero-order chi connectivity index (χ0) is 16.7. The van der Waals surface area contributed by atoms with Crippen molar-refractivity contribution in [3.05, 3.63) is 36.0 Å². The molecule has 4 rings (SSSR count). The number of carbonyl (C=O) groups is 1. The molecule has 7 nitrogen and oxygen atoms in total. The average Bonchev–Trinajstić information content (AvgIpc) is 3.03. The smallest absolute Gasteiger partial charge is 0.317 e. The van der Waals surface area contributed by atoms with Crippen molar-refractivity contribution in [2.75, 3.05) is 13.1 Å². The fraction of sp³-hybridized carbons (Fsp3) is 0.353. The summed E-state index contributed by atoms with van der Waals surface area (Å²) in [5.74, 6) is 0.0418. The summed E-state index contributed by atoms with van der Waals surface area (Å²) in [4.78, 5) is 17.6. The molecule has 0 spiro atoms. The summed E-state index contributed by atoms with van der Waals surface area (Å²) in [7, 11) is 1.99. The molecule has 1 N–H and O–H groups in total. The second-order valence-electron chi connectivity index (χ2n) is 6.19. The van der Waals surface area contributed by atoms with Gasteiger partial charge in [-0.15, -0.1) is 0 Å². The van der Waals surface area contributed by atoms with Crippen molar-refractivity contribution >= 4 is 17.0 Å². The van der Waals surface area contributed by atoms with E-state index >= 15 is 0 Å². The fourth-order valence-electron chi connectivity index (χ4n) is 3.34. The minimum atomic E-state index is -0.793. The fourth-order valence-corrected chi connectivity index (χ4v) is 3.34. The van der Waals surface area contributed by atoms with Gasteiger partial charge in [-0.2, -0.15) is 5.10 Å². The van der Waals surface area contributed by atoms with Crippen LogP contribution in [0.2, 0.25) is 0 Å². The zero-order valence-electron chi connectivity index (χ0n) is 13.5. The summed E-state index contributed by atoms with van der Waals surface area (Å²) in [6, 6.07) is 10.0. The molecule has 0 saturated carbocycles. The van der Waals surface area contributed by atoms with Gasteiger partial charge in [-0.3, -0.25) is 14.4 Å². The number of hydrogen-bond acceptors (Lipinski definition) is 4. The van der Waals surface area contributed by atoms with Crippen LogP contribution in [0.25, 0.3) is 22.6 Å². The van der Waals surface area contributed by atoms with E-state index in [1.807, 2.05) is 51.5 Å². The highest BCUT2D eigenvalue weighted by Gasteiger charge is 2.20. The Labute approximate surface area is 139 Å². The molecule has 1 aliphatic heterocycles. The number of aryl methyl sites for hydroxylation is 2. The average molecular weight is 325 g/mol. The minimum absolute atomic E-state index is 0.0623.